The molecule has 0 bridgehead atoms. The molecule has 0 aliphatic rings. The van der Waals surface area contributed by atoms with E-state index in [1.165, 1.54) is 31.3 Å². The fourth-order valence-electron chi connectivity index (χ4n) is 2.70. The summed E-state index contributed by atoms with van der Waals surface area (Å²) in [6, 6.07) is 8.00. The summed E-state index contributed by atoms with van der Waals surface area (Å²) in [7, 11) is -2.89. The van der Waals surface area contributed by atoms with E-state index in [2.05, 4.69) is 9.71 Å². The molecule has 0 saturated heterocycles. The van der Waals surface area contributed by atoms with Crippen LogP contribution in [0.1, 0.15) is 16.1 Å². The summed E-state index contributed by atoms with van der Waals surface area (Å²) in [6.07, 6.45) is 1.15. The number of sulfonamides is 1. The number of amides is 1. The number of hydrogen-bond acceptors (Lipinski definition) is 4. The van der Waals surface area contributed by atoms with Crippen LogP contribution in [0.3, 0.4) is 0 Å². The number of pyridine rings is 1. The minimum absolute atomic E-state index is 0.0668. The molecule has 1 amide bonds. The number of aromatic nitrogens is 1. The third kappa shape index (κ3) is 4.95. The van der Waals surface area contributed by atoms with E-state index in [1.54, 1.807) is 6.92 Å². The number of benzene rings is 2. The van der Waals surface area contributed by atoms with E-state index in [-0.39, 0.29) is 27.0 Å². The smallest absolute Gasteiger partial charge is 0.278 e. The average Bonchev–Trinajstić information content (AvgIpc) is 2.69. The Hall–Kier alpha value is -2.75. The highest BCUT2D eigenvalue weighted by molar-refractivity contribution is 7.92. The SMILES string of the molecule is Cc1cc(S(=O)(=O)Nc2cc(Cl)cnc2C(=O)N(C)c2ccc(F)cc2F)ccc1Cl. The van der Waals surface area contributed by atoms with Crippen LogP contribution in [-0.2, 0) is 10.0 Å². The number of nitrogens with zero attached hydrogens (tertiary/aromatic N) is 2. The second-order valence-electron chi connectivity index (χ2n) is 6.53. The lowest BCUT2D eigenvalue weighted by Gasteiger charge is -2.20. The highest BCUT2D eigenvalue weighted by Crippen LogP contribution is 2.27. The van der Waals surface area contributed by atoms with E-state index in [0.717, 1.165) is 23.2 Å². The molecule has 1 heterocycles. The number of aryl methyl sites for hydroxylation is 1. The highest BCUT2D eigenvalue weighted by Gasteiger charge is 2.25. The van der Waals surface area contributed by atoms with Gasteiger partial charge in [0.2, 0.25) is 0 Å². The summed E-state index contributed by atoms with van der Waals surface area (Å²) >= 11 is 11.9. The van der Waals surface area contributed by atoms with Crippen molar-refractivity contribution in [3.05, 3.63) is 81.6 Å². The molecule has 0 spiro atoms. The van der Waals surface area contributed by atoms with Gasteiger partial charge in [-0.25, -0.2) is 22.2 Å². The molecule has 0 aliphatic carbocycles. The van der Waals surface area contributed by atoms with Crippen molar-refractivity contribution in [1.82, 2.24) is 4.98 Å². The van der Waals surface area contributed by atoms with Crippen molar-refractivity contribution in [1.29, 1.82) is 0 Å². The van der Waals surface area contributed by atoms with Gasteiger partial charge < -0.3 is 4.90 Å². The van der Waals surface area contributed by atoms with Gasteiger partial charge in [-0.15, -0.1) is 0 Å². The molecule has 0 saturated carbocycles. The maximum absolute atomic E-state index is 14.1. The van der Waals surface area contributed by atoms with Gasteiger partial charge in [-0.05, 0) is 48.9 Å². The lowest BCUT2D eigenvalue weighted by Crippen LogP contribution is -2.29. The fourth-order valence-corrected chi connectivity index (χ4v) is 4.11. The Bertz CT molecular complexity index is 1290. The molecule has 0 fully saturated rings. The summed E-state index contributed by atoms with van der Waals surface area (Å²) < 4.78 is 55.2. The van der Waals surface area contributed by atoms with Crippen molar-refractivity contribution in [2.75, 3.05) is 16.7 Å². The first-order valence-electron chi connectivity index (χ1n) is 8.67. The molecular formula is C20H15Cl2F2N3O3S. The van der Waals surface area contributed by atoms with Gasteiger partial charge in [0.05, 0.1) is 21.3 Å². The average molecular weight is 486 g/mol. The quantitative estimate of drug-likeness (QED) is 0.548. The molecule has 31 heavy (non-hydrogen) atoms. The van der Waals surface area contributed by atoms with Crippen molar-refractivity contribution in [3.63, 3.8) is 0 Å². The molecule has 0 radical (unpaired) electrons. The number of halogens is 4. The highest BCUT2D eigenvalue weighted by atomic mass is 35.5. The summed E-state index contributed by atoms with van der Waals surface area (Å²) in [6.45, 7) is 1.64. The molecular weight excluding hydrogens is 471 g/mol. The molecule has 1 aromatic heterocycles. The first-order valence-corrected chi connectivity index (χ1v) is 10.9. The van der Waals surface area contributed by atoms with E-state index < -0.39 is 27.6 Å². The van der Waals surface area contributed by atoms with Crippen molar-refractivity contribution in [3.8, 4) is 0 Å². The van der Waals surface area contributed by atoms with Crippen LogP contribution in [0.2, 0.25) is 10.0 Å². The van der Waals surface area contributed by atoms with Crippen molar-refractivity contribution >= 4 is 50.5 Å². The zero-order valence-corrected chi connectivity index (χ0v) is 18.5. The first kappa shape index (κ1) is 22.9. The van der Waals surface area contributed by atoms with Crippen molar-refractivity contribution < 1.29 is 22.0 Å². The topological polar surface area (TPSA) is 79.4 Å². The Morgan fingerprint density at radius 1 is 1.10 bits per heavy atom. The van der Waals surface area contributed by atoms with Gasteiger partial charge in [-0.1, -0.05) is 23.2 Å². The zero-order chi connectivity index (χ0) is 22.9. The number of anilines is 2. The van der Waals surface area contributed by atoms with Crippen LogP contribution >= 0.6 is 23.2 Å². The molecule has 162 valence electrons. The summed E-state index contributed by atoms with van der Waals surface area (Å²) in [5.74, 6) is -2.62. The number of carbonyl (C=O) groups is 1. The van der Waals surface area contributed by atoms with Crippen LogP contribution in [0.15, 0.2) is 53.6 Å². The lowest BCUT2D eigenvalue weighted by molar-refractivity contribution is 0.0988. The Kier molecular flexibility index (Phi) is 6.49. The molecule has 2 aromatic carbocycles. The minimum Gasteiger partial charge on any atom is -0.307 e. The van der Waals surface area contributed by atoms with Crippen LogP contribution in [0.4, 0.5) is 20.2 Å². The first-order chi connectivity index (χ1) is 14.5. The van der Waals surface area contributed by atoms with Gasteiger partial charge in [-0.3, -0.25) is 9.52 Å². The van der Waals surface area contributed by atoms with E-state index >= 15 is 0 Å². The lowest BCUT2D eigenvalue weighted by atomic mass is 10.2. The van der Waals surface area contributed by atoms with Crippen LogP contribution in [0, 0.1) is 18.6 Å². The normalized spacial score (nSPS) is 11.3. The number of rotatable bonds is 5. The van der Waals surface area contributed by atoms with Gasteiger partial charge in [0.1, 0.15) is 11.6 Å². The van der Waals surface area contributed by atoms with E-state index in [0.29, 0.717) is 16.7 Å². The maximum atomic E-state index is 14.1. The molecule has 3 rings (SSSR count). The van der Waals surface area contributed by atoms with Gasteiger partial charge in [0, 0.05) is 24.3 Å². The van der Waals surface area contributed by atoms with Crippen LogP contribution in [0.25, 0.3) is 0 Å². The Balaban J connectivity index is 2.00. The van der Waals surface area contributed by atoms with Crippen LogP contribution in [0.5, 0.6) is 0 Å². The van der Waals surface area contributed by atoms with Gasteiger partial charge in [0.25, 0.3) is 15.9 Å². The molecule has 3 aromatic rings. The standard InChI is InChI=1S/C20H15Cl2F2N3O3S/c1-11-7-14(4-5-15(11)22)31(29,30)26-17-8-12(21)10-25-19(17)20(28)27(2)18-6-3-13(23)9-16(18)24/h3-10,26H,1-2H3. The molecule has 0 aliphatic heterocycles. The summed E-state index contributed by atoms with van der Waals surface area (Å²) in [5.41, 5.74) is -0.216. The van der Waals surface area contributed by atoms with E-state index in [1.807, 2.05) is 0 Å². The molecule has 11 heteroatoms. The third-order valence-electron chi connectivity index (χ3n) is 4.32. The maximum Gasteiger partial charge on any atom is 0.278 e. The summed E-state index contributed by atoms with van der Waals surface area (Å²) in [5, 5.41) is 0.458. The predicted octanol–water partition coefficient (Wildman–Crippen LogP) is 5.05. The number of nitrogens with one attached hydrogen (secondary N) is 1. The summed E-state index contributed by atoms with van der Waals surface area (Å²) in [4.78, 5) is 17.6. The zero-order valence-electron chi connectivity index (χ0n) is 16.2. The number of hydrogen-bond donors (Lipinski definition) is 1. The van der Waals surface area contributed by atoms with Crippen LogP contribution < -0.4 is 9.62 Å². The Labute approximate surface area is 187 Å². The predicted molar refractivity (Wildman–Crippen MR) is 115 cm³/mol. The van der Waals surface area contributed by atoms with Gasteiger partial charge >= 0.3 is 0 Å². The van der Waals surface area contributed by atoms with Gasteiger partial charge in [0.15, 0.2) is 5.69 Å². The Morgan fingerprint density at radius 2 is 1.81 bits per heavy atom. The monoisotopic (exact) mass is 485 g/mol. The van der Waals surface area contributed by atoms with Gasteiger partial charge in [-0.2, -0.15) is 0 Å². The molecule has 0 unspecified atom stereocenters. The largest absolute Gasteiger partial charge is 0.307 e. The van der Waals surface area contributed by atoms with Crippen molar-refractivity contribution in [2.45, 2.75) is 11.8 Å². The third-order valence-corrected chi connectivity index (χ3v) is 6.31. The second kappa shape index (κ2) is 8.78. The Morgan fingerprint density at radius 3 is 2.45 bits per heavy atom. The van der Waals surface area contributed by atoms with Crippen molar-refractivity contribution in [2.24, 2.45) is 0 Å². The fraction of sp³-hybridized carbons (Fsp3) is 0.100. The minimum atomic E-state index is -4.13. The molecule has 0 atom stereocenters. The number of carbonyl (C=O) groups excluding carboxylic acids is 1. The van der Waals surface area contributed by atoms with E-state index in [4.69, 9.17) is 23.2 Å². The van der Waals surface area contributed by atoms with E-state index in [9.17, 15) is 22.0 Å². The van der Waals surface area contributed by atoms with Crippen LogP contribution in [-0.4, -0.2) is 26.4 Å². The second-order valence-corrected chi connectivity index (χ2v) is 9.05. The molecule has 6 nitrogen and oxygen atoms in total. The molecule has 1 N–H and O–H groups in total.